The van der Waals surface area contributed by atoms with Gasteiger partial charge in [-0.05, 0) is 43.5 Å². The molecule has 1 amide bonds. The zero-order chi connectivity index (χ0) is 18.4. The molecule has 0 aromatic carbocycles. The van der Waals surface area contributed by atoms with Crippen molar-refractivity contribution in [3.8, 4) is 11.3 Å². The van der Waals surface area contributed by atoms with E-state index in [2.05, 4.69) is 16.1 Å². The number of likely N-dealkylation sites (tertiary alicyclic amines) is 1. The monoisotopic (exact) mass is 377 g/mol. The highest BCUT2D eigenvalue weighted by Gasteiger charge is 2.20. The van der Waals surface area contributed by atoms with E-state index in [1.165, 1.54) is 17.8 Å². The molecule has 0 aliphatic carbocycles. The minimum Gasteiger partial charge on any atom is -0.338 e. The Morgan fingerprint density at radius 2 is 2.00 bits per heavy atom. The number of carbonyl (C=O) groups is 1. The first-order chi connectivity index (χ1) is 13.2. The lowest BCUT2D eigenvalue weighted by Gasteiger charge is -2.26. The smallest absolute Gasteiger partial charge is 0.264 e. The lowest BCUT2D eigenvalue weighted by atomic mass is 10.1. The second-order valence-electron chi connectivity index (χ2n) is 6.98. The van der Waals surface area contributed by atoms with E-state index in [-0.39, 0.29) is 5.91 Å². The number of carbonyl (C=O) groups excluding carboxylic acids is 1. The van der Waals surface area contributed by atoms with Crippen LogP contribution in [0.5, 0.6) is 0 Å². The zero-order valence-corrected chi connectivity index (χ0v) is 15.9. The van der Waals surface area contributed by atoms with Crippen LogP contribution in [0.3, 0.4) is 0 Å². The summed E-state index contributed by atoms with van der Waals surface area (Å²) >= 11 is 1.53. The minimum absolute atomic E-state index is 0.137. The van der Waals surface area contributed by atoms with Crippen LogP contribution in [0.4, 0.5) is 0 Å². The van der Waals surface area contributed by atoms with Crippen LogP contribution in [0.15, 0.2) is 36.7 Å². The van der Waals surface area contributed by atoms with Gasteiger partial charge in [-0.1, -0.05) is 0 Å². The molecule has 6 nitrogen and oxygen atoms in total. The van der Waals surface area contributed by atoms with Crippen LogP contribution in [0.1, 0.15) is 28.9 Å². The Bertz CT molecular complexity index is 1160. The molecule has 0 unspecified atom stereocenters. The van der Waals surface area contributed by atoms with Crippen molar-refractivity contribution >= 4 is 38.5 Å². The number of hydrogen-bond acceptors (Lipinski definition) is 5. The average molecular weight is 377 g/mol. The first-order valence-corrected chi connectivity index (χ1v) is 9.99. The van der Waals surface area contributed by atoms with E-state index < -0.39 is 0 Å². The molecule has 136 valence electrons. The van der Waals surface area contributed by atoms with Gasteiger partial charge in [-0.3, -0.25) is 9.48 Å². The zero-order valence-electron chi connectivity index (χ0n) is 15.1. The molecule has 0 spiro atoms. The molecule has 0 N–H and O–H groups in total. The van der Waals surface area contributed by atoms with Crippen LogP contribution in [0.2, 0.25) is 0 Å². The van der Waals surface area contributed by atoms with Crippen molar-refractivity contribution in [3.63, 3.8) is 0 Å². The molecular formula is C20H19N5OS. The van der Waals surface area contributed by atoms with Gasteiger partial charge in [0.1, 0.15) is 0 Å². The maximum atomic E-state index is 12.8. The fraction of sp³-hybridized carbons (Fsp3) is 0.300. The SMILES string of the molecule is Cn1cc2cc(-c3ccc4sc(C(=O)N5CCCCC5)cc4n3)cnc2n1. The maximum absolute atomic E-state index is 12.8. The summed E-state index contributed by atoms with van der Waals surface area (Å²) in [5, 5.41) is 5.30. The molecule has 0 radical (unpaired) electrons. The quantitative estimate of drug-likeness (QED) is 0.532. The van der Waals surface area contributed by atoms with Gasteiger partial charge in [0.05, 0.1) is 20.8 Å². The summed E-state index contributed by atoms with van der Waals surface area (Å²) in [7, 11) is 1.89. The number of amides is 1. The van der Waals surface area contributed by atoms with Gasteiger partial charge in [-0.15, -0.1) is 11.3 Å². The van der Waals surface area contributed by atoms with Crippen molar-refractivity contribution in [1.82, 2.24) is 24.6 Å². The standard InChI is InChI=1S/C20H19N5OS/c1-24-12-14-9-13(11-21-19(14)23-24)15-5-6-17-16(22-15)10-18(27-17)20(26)25-7-3-2-4-8-25/h5-6,9-12H,2-4,7-8H2,1H3. The number of nitrogens with zero attached hydrogens (tertiary/aromatic N) is 5. The molecule has 7 heteroatoms. The van der Waals surface area contributed by atoms with Crippen LogP contribution in [-0.2, 0) is 7.05 Å². The molecule has 1 saturated heterocycles. The lowest BCUT2D eigenvalue weighted by Crippen LogP contribution is -2.35. The van der Waals surface area contributed by atoms with Crippen molar-refractivity contribution in [2.75, 3.05) is 13.1 Å². The highest BCUT2D eigenvalue weighted by Crippen LogP contribution is 2.29. The summed E-state index contributed by atoms with van der Waals surface area (Å²) in [6.07, 6.45) is 7.17. The molecule has 4 aromatic heterocycles. The highest BCUT2D eigenvalue weighted by molar-refractivity contribution is 7.20. The molecule has 0 bridgehead atoms. The maximum Gasteiger partial charge on any atom is 0.264 e. The number of pyridine rings is 2. The number of thiophene rings is 1. The third-order valence-corrected chi connectivity index (χ3v) is 6.07. The van der Waals surface area contributed by atoms with Crippen molar-refractivity contribution < 1.29 is 4.79 Å². The fourth-order valence-corrected chi connectivity index (χ4v) is 4.58. The third-order valence-electron chi connectivity index (χ3n) is 5.00. The van der Waals surface area contributed by atoms with Gasteiger partial charge >= 0.3 is 0 Å². The molecule has 1 fully saturated rings. The Morgan fingerprint density at radius 3 is 2.85 bits per heavy atom. The Balaban J connectivity index is 1.50. The first kappa shape index (κ1) is 16.4. The summed E-state index contributed by atoms with van der Waals surface area (Å²) in [4.78, 5) is 24.7. The molecular weight excluding hydrogens is 358 g/mol. The molecule has 1 aliphatic heterocycles. The Labute approximate surface area is 160 Å². The fourth-order valence-electron chi connectivity index (χ4n) is 3.62. The average Bonchev–Trinajstić information content (AvgIpc) is 3.29. The summed E-state index contributed by atoms with van der Waals surface area (Å²) in [6, 6.07) is 8.02. The number of fused-ring (bicyclic) bond motifs is 2. The highest BCUT2D eigenvalue weighted by atomic mass is 32.1. The van der Waals surface area contributed by atoms with Crippen LogP contribution < -0.4 is 0 Å². The third kappa shape index (κ3) is 2.98. The molecule has 5 rings (SSSR count). The normalized spacial score (nSPS) is 14.9. The van der Waals surface area contributed by atoms with Gasteiger partial charge in [0, 0.05) is 43.5 Å². The van der Waals surface area contributed by atoms with Crippen LogP contribution in [0.25, 0.3) is 32.5 Å². The van der Waals surface area contributed by atoms with E-state index in [0.717, 1.165) is 63.3 Å². The van der Waals surface area contributed by atoms with Gasteiger partial charge in [0.25, 0.3) is 5.91 Å². The summed E-state index contributed by atoms with van der Waals surface area (Å²) in [5.74, 6) is 0.137. The Hall–Kier alpha value is -2.80. The van der Waals surface area contributed by atoms with E-state index in [4.69, 9.17) is 4.98 Å². The van der Waals surface area contributed by atoms with Crippen molar-refractivity contribution in [2.45, 2.75) is 19.3 Å². The van der Waals surface area contributed by atoms with Gasteiger partial charge in [-0.2, -0.15) is 5.10 Å². The molecule has 0 saturated carbocycles. The topological polar surface area (TPSA) is 63.9 Å². The molecule has 0 atom stereocenters. The number of hydrogen-bond donors (Lipinski definition) is 0. The number of aromatic nitrogens is 4. The molecule has 5 heterocycles. The van der Waals surface area contributed by atoms with E-state index in [0.29, 0.717) is 0 Å². The number of piperidine rings is 1. The summed E-state index contributed by atoms with van der Waals surface area (Å²) in [6.45, 7) is 1.73. The van der Waals surface area contributed by atoms with E-state index in [1.807, 2.05) is 36.3 Å². The summed E-state index contributed by atoms with van der Waals surface area (Å²) < 4.78 is 2.80. The van der Waals surface area contributed by atoms with Crippen molar-refractivity contribution in [1.29, 1.82) is 0 Å². The van der Waals surface area contributed by atoms with E-state index in [9.17, 15) is 4.79 Å². The Kier molecular flexibility index (Phi) is 3.89. The first-order valence-electron chi connectivity index (χ1n) is 9.17. The van der Waals surface area contributed by atoms with Gasteiger partial charge in [0.2, 0.25) is 0 Å². The van der Waals surface area contributed by atoms with Crippen LogP contribution >= 0.6 is 11.3 Å². The second kappa shape index (κ2) is 6.42. The molecule has 27 heavy (non-hydrogen) atoms. The summed E-state index contributed by atoms with van der Waals surface area (Å²) in [5.41, 5.74) is 3.40. The molecule has 1 aliphatic rings. The van der Waals surface area contributed by atoms with Crippen LogP contribution in [0, 0.1) is 0 Å². The lowest BCUT2D eigenvalue weighted by molar-refractivity contribution is 0.0729. The van der Waals surface area contributed by atoms with Gasteiger partial charge < -0.3 is 4.90 Å². The van der Waals surface area contributed by atoms with Crippen LogP contribution in [-0.4, -0.2) is 43.6 Å². The Morgan fingerprint density at radius 1 is 1.15 bits per heavy atom. The van der Waals surface area contributed by atoms with E-state index in [1.54, 1.807) is 10.9 Å². The number of aryl methyl sites for hydroxylation is 1. The minimum atomic E-state index is 0.137. The van der Waals surface area contributed by atoms with Gasteiger partial charge in [0.15, 0.2) is 5.65 Å². The molecule has 4 aromatic rings. The van der Waals surface area contributed by atoms with Crippen molar-refractivity contribution in [3.05, 3.63) is 41.5 Å². The van der Waals surface area contributed by atoms with Crippen molar-refractivity contribution in [2.24, 2.45) is 7.05 Å². The van der Waals surface area contributed by atoms with Gasteiger partial charge in [-0.25, -0.2) is 9.97 Å². The second-order valence-corrected chi connectivity index (χ2v) is 8.07. The predicted octanol–water partition coefficient (Wildman–Crippen LogP) is 3.87. The number of rotatable bonds is 2. The predicted molar refractivity (Wildman–Crippen MR) is 107 cm³/mol. The largest absolute Gasteiger partial charge is 0.338 e. The van der Waals surface area contributed by atoms with E-state index >= 15 is 0 Å².